The van der Waals surface area contributed by atoms with Gasteiger partial charge in [-0.2, -0.15) is 0 Å². The van der Waals surface area contributed by atoms with Crippen LogP contribution in [-0.2, 0) is 11.3 Å². The molecule has 0 aromatic heterocycles. The third kappa shape index (κ3) is 6.05. The molecule has 2 aromatic rings. The fourth-order valence-electron chi connectivity index (χ4n) is 1.77. The van der Waals surface area contributed by atoms with Crippen LogP contribution in [0.2, 0.25) is 0 Å². The Balaban J connectivity index is 1.68. The van der Waals surface area contributed by atoms with Crippen molar-refractivity contribution in [3.05, 3.63) is 64.1 Å². The molecule has 0 aliphatic heterocycles. The minimum absolute atomic E-state index is 0.262. The average Bonchev–Trinajstić information content (AvgIpc) is 2.57. The fraction of sp³-hybridized carbons (Fsp3) is 0.167. The maximum absolute atomic E-state index is 11.5. The number of halogens is 1. The molecule has 23 heavy (non-hydrogen) atoms. The maximum atomic E-state index is 11.5. The molecule has 0 unspecified atom stereocenters. The summed E-state index contributed by atoms with van der Waals surface area (Å²) in [6.45, 7) is 0.703. The fourth-order valence-corrected chi connectivity index (χ4v) is 2.15. The molecule has 4 nitrogen and oxygen atoms in total. The van der Waals surface area contributed by atoms with Crippen LogP contribution >= 0.6 is 15.9 Å². The second-order valence-electron chi connectivity index (χ2n) is 4.78. The van der Waals surface area contributed by atoms with E-state index in [2.05, 4.69) is 33.1 Å². The lowest BCUT2D eigenvalue weighted by molar-refractivity contribution is 0.140. The Bertz CT molecular complexity index is 721. The highest BCUT2D eigenvalue weighted by molar-refractivity contribution is 9.10. The number of ether oxygens (including phenoxy) is 1. The van der Waals surface area contributed by atoms with Crippen molar-refractivity contribution in [1.82, 2.24) is 5.32 Å². The van der Waals surface area contributed by atoms with E-state index in [9.17, 15) is 4.79 Å². The number of benzene rings is 2. The minimum Gasteiger partial charge on any atom is -0.445 e. The SMILES string of the molecule is Nc1ccc(C#CCCNC(=O)OCc2ccccc2)cc1Br. The second kappa shape index (κ2) is 8.86. The summed E-state index contributed by atoms with van der Waals surface area (Å²) in [5.74, 6) is 6.01. The van der Waals surface area contributed by atoms with E-state index in [0.29, 0.717) is 18.7 Å². The van der Waals surface area contributed by atoms with Gasteiger partial charge in [-0.05, 0) is 39.7 Å². The smallest absolute Gasteiger partial charge is 0.407 e. The number of carbonyl (C=O) groups excluding carboxylic acids is 1. The van der Waals surface area contributed by atoms with Crippen LogP contribution in [0.15, 0.2) is 53.0 Å². The van der Waals surface area contributed by atoms with Crippen LogP contribution < -0.4 is 11.1 Å². The van der Waals surface area contributed by atoms with Gasteiger partial charge in [-0.15, -0.1) is 0 Å². The van der Waals surface area contributed by atoms with Crippen molar-refractivity contribution in [2.24, 2.45) is 0 Å². The van der Waals surface area contributed by atoms with Crippen molar-refractivity contribution in [1.29, 1.82) is 0 Å². The number of rotatable bonds is 4. The van der Waals surface area contributed by atoms with Crippen LogP contribution in [0.3, 0.4) is 0 Å². The Morgan fingerprint density at radius 1 is 1.22 bits per heavy atom. The largest absolute Gasteiger partial charge is 0.445 e. The molecule has 3 N–H and O–H groups in total. The quantitative estimate of drug-likeness (QED) is 0.488. The Labute approximate surface area is 144 Å². The Hall–Kier alpha value is -2.45. The molecule has 0 saturated carbocycles. The normalized spacial score (nSPS) is 9.61. The van der Waals surface area contributed by atoms with Gasteiger partial charge in [0, 0.05) is 28.7 Å². The van der Waals surface area contributed by atoms with Gasteiger partial charge >= 0.3 is 6.09 Å². The van der Waals surface area contributed by atoms with E-state index in [1.54, 1.807) is 6.07 Å². The van der Waals surface area contributed by atoms with Gasteiger partial charge in [0.15, 0.2) is 0 Å². The number of nitrogens with two attached hydrogens (primary N) is 1. The number of alkyl carbamates (subject to hydrolysis) is 1. The number of nitrogens with one attached hydrogen (secondary N) is 1. The zero-order valence-corrected chi connectivity index (χ0v) is 14.1. The van der Waals surface area contributed by atoms with Crippen molar-refractivity contribution in [2.45, 2.75) is 13.0 Å². The van der Waals surface area contributed by atoms with E-state index in [1.807, 2.05) is 42.5 Å². The summed E-state index contributed by atoms with van der Waals surface area (Å²) in [5, 5.41) is 2.67. The summed E-state index contributed by atoms with van der Waals surface area (Å²) >= 11 is 3.36. The van der Waals surface area contributed by atoms with E-state index in [1.165, 1.54) is 0 Å². The molecule has 5 heteroatoms. The molecule has 0 aliphatic rings. The van der Waals surface area contributed by atoms with Gasteiger partial charge in [0.25, 0.3) is 0 Å². The van der Waals surface area contributed by atoms with E-state index in [0.717, 1.165) is 15.6 Å². The lowest BCUT2D eigenvalue weighted by Crippen LogP contribution is -2.24. The Morgan fingerprint density at radius 2 is 2.00 bits per heavy atom. The van der Waals surface area contributed by atoms with Gasteiger partial charge in [-0.3, -0.25) is 0 Å². The average molecular weight is 373 g/mol. The van der Waals surface area contributed by atoms with Gasteiger partial charge in [0.2, 0.25) is 0 Å². The van der Waals surface area contributed by atoms with Crippen LogP contribution in [0.4, 0.5) is 10.5 Å². The third-order valence-corrected chi connectivity index (χ3v) is 3.65. The summed E-state index contributed by atoms with van der Waals surface area (Å²) in [6.07, 6.45) is 0.105. The molecule has 0 aliphatic carbocycles. The molecule has 0 heterocycles. The molecule has 0 fully saturated rings. The lowest BCUT2D eigenvalue weighted by Gasteiger charge is -2.05. The predicted molar refractivity (Wildman–Crippen MR) is 94.7 cm³/mol. The first-order chi connectivity index (χ1) is 11.1. The number of carbonyl (C=O) groups is 1. The molecular weight excluding hydrogens is 356 g/mol. The van der Waals surface area contributed by atoms with E-state index >= 15 is 0 Å². The van der Waals surface area contributed by atoms with Gasteiger partial charge in [-0.25, -0.2) is 4.79 Å². The summed E-state index contributed by atoms with van der Waals surface area (Å²) in [5.41, 5.74) is 8.22. The Kier molecular flexibility index (Phi) is 6.52. The third-order valence-electron chi connectivity index (χ3n) is 2.97. The summed E-state index contributed by atoms with van der Waals surface area (Å²) in [4.78, 5) is 11.5. The number of amides is 1. The highest BCUT2D eigenvalue weighted by Crippen LogP contribution is 2.19. The Morgan fingerprint density at radius 3 is 2.74 bits per heavy atom. The summed E-state index contributed by atoms with van der Waals surface area (Å²) in [7, 11) is 0. The van der Waals surface area contributed by atoms with Crippen LogP contribution in [0.25, 0.3) is 0 Å². The monoisotopic (exact) mass is 372 g/mol. The molecule has 0 bridgehead atoms. The van der Waals surface area contributed by atoms with Crippen molar-refractivity contribution >= 4 is 27.7 Å². The molecule has 0 spiro atoms. The molecule has 0 atom stereocenters. The second-order valence-corrected chi connectivity index (χ2v) is 5.63. The van der Waals surface area contributed by atoms with Crippen molar-refractivity contribution < 1.29 is 9.53 Å². The first kappa shape index (κ1) is 16.9. The van der Waals surface area contributed by atoms with Crippen LogP contribution in [0, 0.1) is 11.8 Å². The van der Waals surface area contributed by atoms with Gasteiger partial charge in [0.1, 0.15) is 6.61 Å². The first-order valence-corrected chi connectivity index (χ1v) is 7.93. The molecule has 0 saturated heterocycles. The zero-order chi connectivity index (χ0) is 16.5. The number of hydrogen-bond donors (Lipinski definition) is 2. The number of nitrogen functional groups attached to an aromatic ring is 1. The molecule has 118 valence electrons. The molecule has 1 amide bonds. The van der Waals surface area contributed by atoms with Crippen LogP contribution in [-0.4, -0.2) is 12.6 Å². The van der Waals surface area contributed by atoms with E-state index in [4.69, 9.17) is 10.5 Å². The predicted octanol–water partition coefficient (Wildman–Crippen LogP) is 3.70. The van der Waals surface area contributed by atoms with Gasteiger partial charge in [-0.1, -0.05) is 42.2 Å². The van der Waals surface area contributed by atoms with E-state index < -0.39 is 6.09 Å². The van der Waals surface area contributed by atoms with Crippen molar-refractivity contribution in [3.8, 4) is 11.8 Å². The lowest BCUT2D eigenvalue weighted by atomic mass is 10.2. The summed E-state index contributed by atoms with van der Waals surface area (Å²) < 4.78 is 5.93. The van der Waals surface area contributed by atoms with Gasteiger partial charge < -0.3 is 15.8 Å². The highest BCUT2D eigenvalue weighted by Gasteiger charge is 2.00. The topological polar surface area (TPSA) is 64.3 Å². The van der Waals surface area contributed by atoms with E-state index in [-0.39, 0.29) is 6.61 Å². The van der Waals surface area contributed by atoms with Gasteiger partial charge in [0.05, 0.1) is 0 Å². The first-order valence-electron chi connectivity index (χ1n) is 7.13. The molecule has 2 rings (SSSR count). The van der Waals surface area contributed by atoms with Crippen LogP contribution in [0.5, 0.6) is 0 Å². The molecular formula is C18H17BrN2O2. The standard InChI is InChI=1S/C18H17BrN2O2/c19-16-12-14(9-10-17(16)20)6-4-5-11-21-18(22)23-13-15-7-2-1-3-8-15/h1-3,7-10,12H,5,11,13,20H2,(H,21,22). The summed E-state index contributed by atoms with van der Waals surface area (Å²) in [6, 6.07) is 15.1. The number of anilines is 1. The zero-order valence-electron chi connectivity index (χ0n) is 12.5. The van der Waals surface area contributed by atoms with Crippen LogP contribution in [0.1, 0.15) is 17.5 Å². The number of hydrogen-bond acceptors (Lipinski definition) is 3. The molecule has 0 radical (unpaired) electrons. The highest BCUT2D eigenvalue weighted by atomic mass is 79.9. The van der Waals surface area contributed by atoms with Crippen molar-refractivity contribution in [3.63, 3.8) is 0 Å². The minimum atomic E-state index is -0.439. The van der Waals surface area contributed by atoms with Crippen molar-refractivity contribution in [2.75, 3.05) is 12.3 Å². The molecule has 2 aromatic carbocycles. The maximum Gasteiger partial charge on any atom is 0.407 e.